The predicted molar refractivity (Wildman–Crippen MR) is 82.0 cm³/mol. The Kier molecular flexibility index (Phi) is 7.80. The molecule has 0 aromatic heterocycles. The summed E-state index contributed by atoms with van der Waals surface area (Å²) in [5.74, 6) is -1.26. The molecule has 4 nitrogen and oxygen atoms in total. The highest BCUT2D eigenvalue weighted by molar-refractivity contribution is 5.77. The van der Waals surface area contributed by atoms with E-state index < -0.39 is 11.6 Å². The van der Waals surface area contributed by atoms with Crippen molar-refractivity contribution in [1.82, 2.24) is 10.2 Å². The number of ether oxygens (including phenoxy) is 1. The van der Waals surface area contributed by atoms with Crippen molar-refractivity contribution in [3.8, 4) is 5.75 Å². The van der Waals surface area contributed by atoms with Gasteiger partial charge in [-0.05, 0) is 31.5 Å². The molecule has 0 bridgehead atoms. The fourth-order valence-corrected chi connectivity index (χ4v) is 1.81. The van der Waals surface area contributed by atoms with Gasteiger partial charge in [0.15, 0.2) is 11.6 Å². The maximum absolute atomic E-state index is 14.2. The Hall–Kier alpha value is -1.69. The maximum atomic E-state index is 14.2. The molecule has 0 aliphatic heterocycles. The second kappa shape index (κ2) is 9.35. The highest BCUT2D eigenvalue weighted by atomic mass is 19.1. The van der Waals surface area contributed by atoms with Crippen LogP contribution < -0.4 is 10.1 Å². The van der Waals surface area contributed by atoms with E-state index in [1.165, 1.54) is 17.0 Å². The van der Waals surface area contributed by atoms with Gasteiger partial charge in [-0.25, -0.2) is 8.78 Å². The monoisotopic (exact) mass is 314 g/mol. The topological polar surface area (TPSA) is 41.6 Å². The minimum atomic E-state index is -0.656. The van der Waals surface area contributed by atoms with Crippen LogP contribution in [0.5, 0.6) is 5.75 Å². The average Bonchev–Trinajstić information content (AvgIpc) is 2.48. The summed E-state index contributed by atoms with van der Waals surface area (Å²) in [5, 5.41) is 2.88. The molecule has 0 spiro atoms. The molecule has 0 atom stereocenters. The summed E-state index contributed by atoms with van der Waals surface area (Å²) in [6, 6.07) is 2.53. The molecule has 1 aromatic carbocycles. The van der Waals surface area contributed by atoms with Crippen LogP contribution in [-0.2, 0) is 11.2 Å². The Labute approximate surface area is 130 Å². The van der Waals surface area contributed by atoms with Crippen molar-refractivity contribution < 1.29 is 18.3 Å². The zero-order chi connectivity index (χ0) is 16.5. The first-order chi connectivity index (χ1) is 10.5. The molecule has 0 aliphatic rings. The largest absolute Gasteiger partial charge is 0.491 e. The third kappa shape index (κ3) is 5.60. The van der Waals surface area contributed by atoms with Crippen LogP contribution in [0.25, 0.3) is 0 Å². The van der Waals surface area contributed by atoms with Crippen molar-refractivity contribution in [2.45, 2.75) is 26.2 Å². The summed E-state index contributed by atoms with van der Waals surface area (Å²) < 4.78 is 33.3. The number of carbonyl (C=O) groups is 1. The number of benzene rings is 1. The lowest BCUT2D eigenvalue weighted by Gasteiger charge is -2.13. The van der Waals surface area contributed by atoms with Gasteiger partial charge in [0.25, 0.3) is 0 Å². The summed E-state index contributed by atoms with van der Waals surface area (Å²) in [5.41, 5.74) is -0.0150. The number of hydrogen-bond acceptors (Lipinski definition) is 3. The predicted octanol–water partition coefficient (Wildman–Crippen LogP) is 2.36. The summed E-state index contributed by atoms with van der Waals surface area (Å²) >= 11 is 0. The number of likely N-dealkylation sites (N-methyl/N-ethyl adjacent to an activating group) is 1. The molecular weight excluding hydrogens is 290 g/mol. The summed E-state index contributed by atoms with van der Waals surface area (Å²) in [6.07, 6.45) is 1.92. The first-order valence-electron chi connectivity index (χ1n) is 7.47. The van der Waals surface area contributed by atoms with E-state index in [2.05, 4.69) is 5.32 Å². The van der Waals surface area contributed by atoms with Crippen LogP contribution in [0, 0.1) is 11.6 Å². The van der Waals surface area contributed by atoms with Gasteiger partial charge in [0.05, 0.1) is 13.2 Å². The molecule has 0 fully saturated rings. The Morgan fingerprint density at radius 3 is 2.68 bits per heavy atom. The molecule has 0 saturated carbocycles. The SMILES string of the molecule is CCCCOc1ccc(F)c(CCNCC(=O)N(C)C)c1F. The van der Waals surface area contributed by atoms with Crippen LogP contribution in [0.15, 0.2) is 12.1 Å². The Bertz CT molecular complexity index is 493. The minimum absolute atomic E-state index is 0.0150. The number of carbonyl (C=O) groups excluding carboxylic acids is 1. The Morgan fingerprint density at radius 1 is 1.32 bits per heavy atom. The first kappa shape index (κ1) is 18.4. The third-order valence-corrected chi connectivity index (χ3v) is 3.23. The highest BCUT2D eigenvalue weighted by Gasteiger charge is 2.14. The van der Waals surface area contributed by atoms with Gasteiger partial charge in [-0.1, -0.05) is 13.3 Å². The molecule has 1 amide bonds. The summed E-state index contributed by atoms with van der Waals surface area (Å²) in [4.78, 5) is 12.8. The van der Waals surface area contributed by atoms with Gasteiger partial charge in [-0.2, -0.15) is 0 Å². The lowest BCUT2D eigenvalue weighted by atomic mass is 10.1. The molecule has 1 rings (SSSR count). The van der Waals surface area contributed by atoms with Gasteiger partial charge in [0.2, 0.25) is 5.91 Å². The minimum Gasteiger partial charge on any atom is -0.491 e. The van der Waals surface area contributed by atoms with Crippen LogP contribution in [0.3, 0.4) is 0 Å². The average molecular weight is 314 g/mol. The van der Waals surface area contributed by atoms with Gasteiger partial charge in [-0.15, -0.1) is 0 Å². The first-order valence-corrected chi connectivity index (χ1v) is 7.47. The quantitative estimate of drug-likeness (QED) is 0.712. The van der Waals surface area contributed by atoms with Crippen LogP contribution in [-0.4, -0.2) is 44.6 Å². The van der Waals surface area contributed by atoms with Gasteiger partial charge >= 0.3 is 0 Å². The van der Waals surface area contributed by atoms with Crippen molar-refractivity contribution >= 4 is 5.91 Å². The number of nitrogens with one attached hydrogen (secondary N) is 1. The summed E-state index contributed by atoms with van der Waals surface area (Å²) in [7, 11) is 3.31. The van der Waals surface area contributed by atoms with Crippen molar-refractivity contribution in [2.75, 3.05) is 33.8 Å². The zero-order valence-electron chi connectivity index (χ0n) is 13.4. The van der Waals surface area contributed by atoms with Gasteiger partial charge in [0, 0.05) is 19.7 Å². The number of nitrogens with zero attached hydrogens (tertiary/aromatic N) is 1. The highest BCUT2D eigenvalue weighted by Crippen LogP contribution is 2.23. The molecule has 0 heterocycles. The van der Waals surface area contributed by atoms with E-state index in [0.29, 0.717) is 13.2 Å². The second-order valence-electron chi connectivity index (χ2n) is 5.26. The molecule has 1 N–H and O–H groups in total. The van der Waals surface area contributed by atoms with Crippen LogP contribution in [0.2, 0.25) is 0 Å². The molecular formula is C16H24F2N2O2. The van der Waals surface area contributed by atoms with E-state index in [-0.39, 0.29) is 30.2 Å². The fourth-order valence-electron chi connectivity index (χ4n) is 1.81. The number of halogens is 2. The molecule has 0 radical (unpaired) electrons. The molecule has 124 valence electrons. The number of hydrogen-bond donors (Lipinski definition) is 1. The van der Waals surface area contributed by atoms with Crippen LogP contribution in [0.1, 0.15) is 25.3 Å². The van der Waals surface area contributed by atoms with E-state index in [0.717, 1.165) is 12.8 Å². The van der Waals surface area contributed by atoms with Crippen molar-refractivity contribution in [3.05, 3.63) is 29.3 Å². The molecule has 1 aromatic rings. The van der Waals surface area contributed by atoms with E-state index in [4.69, 9.17) is 4.74 Å². The lowest BCUT2D eigenvalue weighted by molar-refractivity contribution is -0.127. The normalized spacial score (nSPS) is 10.6. The second-order valence-corrected chi connectivity index (χ2v) is 5.26. The van der Waals surface area contributed by atoms with E-state index >= 15 is 0 Å². The molecule has 0 saturated heterocycles. The van der Waals surface area contributed by atoms with Gasteiger partial charge in [0.1, 0.15) is 5.82 Å². The third-order valence-electron chi connectivity index (χ3n) is 3.23. The van der Waals surface area contributed by atoms with Gasteiger partial charge in [-0.3, -0.25) is 4.79 Å². The summed E-state index contributed by atoms with van der Waals surface area (Å²) in [6.45, 7) is 2.87. The Balaban J connectivity index is 2.58. The lowest BCUT2D eigenvalue weighted by Crippen LogP contribution is -2.34. The van der Waals surface area contributed by atoms with Crippen LogP contribution >= 0.6 is 0 Å². The van der Waals surface area contributed by atoms with E-state index in [1.807, 2.05) is 6.92 Å². The van der Waals surface area contributed by atoms with Crippen molar-refractivity contribution in [2.24, 2.45) is 0 Å². The molecule has 22 heavy (non-hydrogen) atoms. The fraction of sp³-hybridized carbons (Fsp3) is 0.562. The zero-order valence-corrected chi connectivity index (χ0v) is 13.4. The smallest absolute Gasteiger partial charge is 0.236 e. The van der Waals surface area contributed by atoms with Crippen molar-refractivity contribution in [3.63, 3.8) is 0 Å². The van der Waals surface area contributed by atoms with Gasteiger partial charge < -0.3 is 15.0 Å². The molecule has 6 heteroatoms. The molecule has 0 unspecified atom stereocenters. The standard InChI is InChI=1S/C16H24F2N2O2/c1-4-5-10-22-14-7-6-13(17)12(16(14)18)8-9-19-11-15(21)20(2)3/h6-7,19H,4-5,8-11H2,1-3H3. The Morgan fingerprint density at radius 2 is 2.05 bits per heavy atom. The van der Waals surface area contributed by atoms with E-state index in [9.17, 15) is 13.6 Å². The number of unbranched alkanes of at least 4 members (excludes halogenated alkanes) is 1. The van der Waals surface area contributed by atoms with Crippen molar-refractivity contribution in [1.29, 1.82) is 0 Å². The van der Waals surface area contributed by atoms with Crippen LogP contribution in [0.4, 0.5) is 8.78 Å². The number of amides is 1. The van der Waals surface area contributed by atoms with E-state index in [1.54, 1.807) is 14.1 Å². The maximum Gasteiger partial charge on any atom is 0.236 e. The number of rotatable bonds is 9. The molecule has 0 aliphatic carbocycles.